The zero-order valence-corrected chi connectivity index (χ0v) is 16.5. The number of alkyl halides is 1. The van der Waals surface area contributed by atoms with Gasteiger partial charge in [0, 0.05) is 30.4 Å². The predicted octanol–water partition coefficient (Wildman–Crippen LogP) is 4.12. The first-order valence-electron chi connectivity index (χ1n) is 9.58. The molecule has 3 atom stereocenters. The number of carbonyl (C=O) groups excluding carboxylic acids is 1. The van der Waals surface area contributed by atoms with E-state index in [9.17, 15) is 4.79 Å². The van der Waals surface area contributed by atoms with Gasteiger partial charge in [-0.1, -0.05) is 43.2 Å². The molecule has 0 radical (unpaired) electrons. The van der Waals surface area contributed by atoms with Crippen molar-refractivity contribution in [3.8, 4) is 0 Å². The Morgan fingerprint density at radius 1 is 1.20 bits per heavy atom. The van der Waals surface area contributed by atoms with Crippen LogP contribution in [0.4, 0.5) is 0 Å². The molecule has 25 heavy (non-hydrogen) atoms. The number of halogens is 1. The first-order valence-corrected chi connectivity index (χ1v) is 10.1. The van der Waals surface area contributed by atoms with E-state index in [4.69, 9.17) is 11.6 Å². The highest BCUT2D eigenvalue weighted by Gasteiger charge is 2.48. The summed E-state index contributed by atoms with van der Waals surface area (Å²) >= 11 is 6.12. The Bertz CT molecular complexity index is 589. The molecule has 0 bridgehead atoms. The minimum absolute atomic E-state index is 0.213. The lowest BCUT2D eigenvalue weighted by Crippen LogP contribution is -2.50. The van der Waals surface area contributed by atoms with Crippen molar-refractivity contribution in [2.75, 3.05) is 26.0 Å². The first-order chi connectivity index (χ1) is 12.0. The molecule has 2 aliphatic heterocycles. The smallest absolute Gasteiger partial charge is 0.229 e. The summed E-state index contributed by atoms with van der Waals surface area (Å²) in [4.78, 5) is 17.9. The minimum Gasteiger partial charge on any atom is -0.337 e. The lowest BCUT2D eigenvalue weighted by molar-refractivity contribution is -0.140. The summed E-state index contributed by atoms with van der Waals surface area (Å²) in [5.41, 5.74) is 0.849. The first kappa shape index (κ1) is 18.7. The number of nitrogens with zero attached hydrogens (tertiary/aromatic N) is 2. The van der Waals surface area contributed by atoms with Gasteiger partial charge in [-0.05, 0) is 45.8 Å². The Hall–Kier alpha value is -1.06. The van der Waals surface area contributed by atoms with Crippen LogP contribution in [0.25, 0.3) is 0 Å². The number of likely N-dealkylation sites (tertiary alicyclic amines) is 2. The van der Waals surface area contributed by atoms with Gasteiger partial charge in [-0.15, -0.1) is 11.6 Å². The Morgan fingerprint density at radius 3 is 2.60 bits per heavy atom. The predicted molar refractivity (Wildman–Crippen MR) is 104 cm³/mol. The summed E-state index contributed by atoms with van der Waals surface area (Å²) in [5.74, 6) is 0.959. The summed E-state index contributed by atoms with van der Waals surface area (Å²) in [6.45, 7) is 5.87. The van der Waals surface area contributed by atoms with Crippen LogP contribution in [0.5, 0.6) is 0 Å². The summed E-state index contributed by atoms with van der Waals surface area (Å²) in [5, 5.41) is 0. The molecule has 1 aromatic carbocycles. The topological polar surface area (TPSA) is 23.6 Å². The van der Waals surface area contributed by atoms with Gasteiger partial charge in [0.2, 0.25) is 5.91 Å². The number of likely N-dealkylation sites (N-methyl/N-ethyl adjacent to an activating group) is 1. The lowest BCUT2D eigenvalue weighted by Gasteiger charge is -2.38. The molecule has 3 rings (SSSR count). The maximum absolute atomic E-state index is 13.3. The lowest BCUT2D eigenvalue weighted by atomic mass is 9.87. The second-order valence-corrected chi connectivity index (χ2v) is 8.65. The molecule has 0 N–H and O–H groups in total. The van der Waals surface area contributed by atoms with Crippen LogP contribution in [0.1, 0.15) is 51.0 Å². The van der Waals surface area contributed by atoms with E-state index in [1.54, 1.807) is 0 Å². The zero-order chi connectivity index (χ0) is 18.0. The fourth-order valence-corrected chi connectivity index (χ4v) is 4.67. The number of amides is 1. The van der Waals surface area contributed by atoms with Crippen molar-refractivity contribution in [3.63, 3.8) is 0 Å². The van der Waals surface area contributed by atoms with Crippen molar-refractivity contribution in [2.24, 2.45) is 5.41 Å². The summed E-state index contributed by atoms with van der Waals surface area (Å²) in [7, 11) is 2.24. The van der Waals surface area contributed by atoms with Crippen molar-refractivity contribution in [2.45, 2.75) is 57.5 Å². The van der Waals surface area contributed by atoms with E-state index in [-0.39, 0.29) is 5.91 Å². The molecule has 0 spiro atoms. The molecule has 138 valence electrons. The number of hydrogen-bond acceptors (Lipinski definition) is 2. The van der Waals surface area contributed by atoms with Crippen LogP contribution in [-0.4, -0.2) is 53.8 Å². The van der Waals surface area contributed by atoms with Gasteiger partial charge in [0.15, 0.2) is 0 Å². The van der Waals surface area contributed by atoms with Crippen LogP contribution in [-0.2, 0) is 4.79 Å². The van der Waals surface area contributed by atoms with Crippen molar-refractivity contribution in [1.82, 2.24) is 9.80 Å². The molecular formula is C21H31ClN2O. The van der Waals surface area contributed by atoms with Gasteiger partial charge < -0.3 is 9.80 Å². The van der Waals surface area contributed by atoms with Crippen LogP contribution in [0.2, 0.25) is 0 Å². The van der Waals surface area contributed by atoms with Gasteiger partial charge in [0.1, 0.15) is 0 Å². The maximum atomic E-state index is 13.3. The molecule has 2 aliphatic rings. The Labute approximate surface area is 157 Å². The normalized spacial score (nSPS) is 28.3. The van der Waals surface area contributed by atoms with Gasteiger partial charge in [-0.2, -0.15) is 0 Å². The summed E-state index contributed by atoms with van der Waals surface area (Å²) < 4.78 is 0. The van der Waals surface area contributed by atoms with Gasteiger partial charge >= 0.3 is 0 Å². The van der Waals surface area contributed by atoms with E-state index in [1.165, 1.54) is 24.8 Å². The third kappa shape index (κ3) is 3.73. The highest BCUT2D eigenvalue weighted by Crippen LogP contribution is 2.40. The van der Waals surface area contributed by atoms with Gasteiger partial charge in [0.05, 0.1) is 5.41 Å². The molecule has 4 heteroatoms. The Balaban J connectivity index is 1.96. The molecule has 0 saturated carbocycles. The Kier molecular flexibility index (Phi) is 5.75. The molecule has 1 aromatic rings. The SMILES string of the molecule is CN1CCCCC[C@H]2[C@@H]1[C@H](c1ccccc1)CN2C(=O)C(C)(C)CCl. The van der Waals surface area contributed by atoms with Crippen LogP contribution >= 0.6 is 11.6 Å². The third-order valence-corrected chi connectivity index (χ3v) is 6.69. The van der Waals surface area contributed by atoms with Gasteiger partial charge in [0.25, 0.3) is 0 Å². The van der Waals surface area contributed by atoms with Crippen molar-refractivity contribution in [3.05, 3.63) is 35.9 Å². The molecule has 3 nitrogen and oxygen atoms in total. The van der Waals surface area contributed by atoms with Crippen LogP contribution in [0, 0.1) is 5.41 Å². The van der Waals surface area contributed by atoms with Gasteiger partial charge in [-0.25, -0.2) is 0 Å². The second-order valence-electron chi connectivity index (χ2n) is 8.38. The number of hydrogen-bond donors (Lipinski definition) is 0. The molecule has 2 fully saturated rings. The van der Waals surface area contributed by atoms with E-state index in [0.717, 1.165) is 19.5 Å². The van der Waals surface area contributed by atoms with E-state index >= 15 is 0 Å². The molecule has 0 aliphatic carbocycles. The molecule has 0 aromatic heterocycles. The highest BCUT2D eigenvalue weighted by molar-refractivity contribution is 6.19. The summed E-state index contributed by atoms with van der Waals surface area (Å²) in [6.07, 6.45) is 4.82. The molecule has 1 amide bonds. The second kappa shape index (κ2) is 7.67. The van der Waals surface area contributed by atoms with E-state index in [2.05, 4.69) is 47.2 Å². The molecule has 2 heterocycles. The van der Waals surface area contributed by atoms with Crippen LogP contribution in [0.15, 0.2) is 30.3 Å². The zero-order valence-electron chi connectivity index (χ0n) is 15.7. The van der Waals surface area contributed by atoms with Crippen LogP contribution in [0.3, 0.4) is 0 Å². The van der Waals surface area contributed by atoms with Crippen molar-refractivity contribution < 1.29 is 4.79 Å². The number of benzene rings is 1. The van der Waals surface area contributed by atoms with Crippen LogP contribution < -0.4 is 0 Å². The molecule has 0 unspecified atom stereocenters. The molecular weight excluding hydrogens is 332 g/mol. The molecule has 2 saturated heterocycles. The fourth-order valence-electron chi connectivity index (χ4n) is 4.56. The minimum atomic E-state index is -0.501. The third-order valence-electron chi connectivity index (χ3n) is 6.02. The largest absolute Gasteiger partial charge is 0.337 e. The van der Waals surface area contributed by atoms with E-state index in [1.807, 2.05) is 13.8 Å². The summed E-state index contributed by atoms with van der Waals surface area (Å²) in [6, 6.07) is 11.4. The van der Waals surface area contributed by atoms with Crippen molar-refractivity contribution >= 4 is 17.5 Å². The number of rotatable bonds is 3. The highest BCUT2D eigenvalue weighted by atomic mass is 35.5. The van der Waals surface area contributed by atoms with E-state index in [0.29, 0.717) is 23.9 Å². The Morgan fingerprint density at radius 2 is 1.92 bits per heavy atom. The van der Waals surface area contributed by atoms with Gasteiger partial charge in [-0.3, -0.25) is 4.79 Å². The monoisotopic (exact) mass is 362 g/mol. The quantitative estimate of drug-likeness (QED) is 0.755. The number of carbonyl (C=O) groups is 1. The maximum Gasteiger partial charge on any atom is 0.229 e. The standard InChI is InChI=1S/C21H31ClN2O/c1-21(2,15-22)20(25)24-14-17(16-10-6-4-7-11-16)19-18(24)12-8-5-9-13-23(19)3/h4,6-7,10-11,17-19H,5,8-9,12-15H2,1-3H3/t17-,18-,19-/m0/s1. The fraction of sp³-hybridized carbons (Fsp3) is 0.667. The van der Waals surface area contributed by atoms with E-state index < -0.39 is 5.41 Å². The number of fused-ring (bicyclic) bond motifs is 1. The van der Waals surface area contributed by atoms with Crippen molar-refractivity contribution in [1.29, 1.82) is 0 Å². The average Bonchev–Trinajstić information content (AvgIpc) is 2.98. The average molecular weight is 363 g/mol.